The van der Waals surface area contributed by atoms with Crippen LogP contribution in [0.15, 0.2) is 53.4 Å². The van der Waals surface area contributed by atoms with Crippen LogP contribution in [0.4, 0.5) is 4.39 Å². The second-order valence-corrected chi connectivity index (χ2v) is 12.2. The van der Waals surface area contributed by atoms with Gasteiger partial charge in [0.2, 0.25) is 0 Å². The molecule has 2 aliphatic heterocycles. The number of hydrogen-bond donors (Lipinski definition) is 0. The first-order valence-electron chi connectivity index (χ1n) is 12.5. The summed E-state index contributed by atoms with van der Waals surface area (Å²) in [5, 5.41) is 0. The highest BCUT2D eigenvalue weighted by atomic mass is 32.2. The Morgan fingerprint density at radius 3 is 2.09 bits per heavy atom. The Hall–Kier alpha value is -1.56. The third-order valence-electron chi connectivity index (χ3n) is 7.11. The van der Waals surface area contributed by atoms with Crippen molar-refractivity contribution in [3.8, 4) is 11.1 Å². The van der Waals surface area contributed by atoms with E-state index in [2.05, 4.69) is 52.5 Å². The van der Waals surface area contributed by atoms with Crippen molar-refractivity contribution in [2.24, 2.45) is 11.8 Å². The molecule has 2 heterocycles. The van der Waals surface area contributed by atoms with Crippen LogP contribution in [0.3, 0.4) is 0 Å². The number of nitrogens with zero attached hydrogens (tertiary/aromatic N) is 2. The number of halogens is 1. The van der Waals surface area contributed by atoms with Crippen LogP contribution in [0.2, 0.25) is 0 Å². The van der Waals surface area contributed by atoms with Gasteiger partial charge in [-0.3, -0.25) is 0 Å². The van der Waals surface area contributed by atoms with E-state index in [9.17, 15) is 8.60 Å². The van der Waals surface area contributed by atoms with E-state index in [1.54, 1.807) is 13.8 Å². The lowest BCUT2D eigenvalue weighted by atomic mass is 9.90. The minimum Gasteiger partial charge on any atom is -0.300 e. The van der Waals surface area contributed by atoms with Crippen LogP contribution in [-0.4, -0.2) is 51.8 Å². The Morgan fingerprint density at radius 2 is 1.55 bits per heavy atom. The molecule has 2 aromatic rings. The Kier molecular flexibility index (Phi) is 8.03. The highest BCUT2D eigenvalue weighted by Crippen LogP contribution is 2.27. The van der Waals surface area contributed by atoms with Crippen molar-refractivity contribution in [3.05, 3.63) is 54.1 Å². The van der Waals surface area contributed by atoms with E-state index in [0.717, 1.165) is 49.8 Å². The average Bonchev–Trinajstić information content (AvgIpc) is 3.24. The predicted octanol–water partition coefficient (Wildman–Crippen LogP) is 6.11. The van der Waals surface area contributed by atoms with Gasteiger partial charge in [-0.1, -0.05) is 43.3 Å². The summed E-state index contributed by atoms with van der Waals surface area (Å²) in [6, 6.07) is 17.1. The summed E-state index contributed by atoms with van der Waals surface area (Å²) < 4.78 is 28.7. The van der Waals surface area contributed by atoms with Gasteiger partial charge in [-0.05, 0) is 99.7 Å². The molecule has 2 saturated heterocycles. The third-order valence-corrected chi connectivity index (χ3v) is 8.59. The molecular weight excluding hydrogens is 431 g/mol. The average molecular weight is 471 g/mol. The number of rotatable bonds is 8. The molecule has 0 spiro atoms. The summed E-state index contributed by atoms with van der Waals surface area (Å²) in [5.74, 6) is 1.38. The fraction of sp³-hybridized carbons (Fsp3) is 0.571. The molecule has 2 aliphatic rings. The lowest BCUT2D eigenvalue weighted by Crippen LogP contribution is -2.41. The maximum absolute atomic E-state index is 13.9. The molecule has 0 aromatic heterocycles. The molecule has 5 heteroatoms. The first-order valence-corrected chi connectivity index (χ1v) is 13.6. The van der Waals surface area contributed by atoms with Gasteiger partial charge in [0.25, 0.3) is 0 Å². The van der Waals surface area contributed by atoms with Crippen molar-refractivity contribution < 1.29 is 8.60 Å². The van der Waals surface area contributed by atoms with Crippen molar-refractivity contribution >= 4 is 11.0 Å². The second-order valence-electron chi connectivity index (χ2n) is 10.7. The zero-order chi connectivity index (χ0) is 23.4. The zero-order valence-corrected chi connectivity index (χ0v) is 21.2. The molecule has 180 valence electrons. The first-order chi connectivity index (χ1) is 15.8. The van der Waals surface area contributed by atoms with Crippen LogP contribution in [0.1, 0.15) is 52.0 Å². The highest BCUT2D eigenvalue weighted by molar-refractivity contribution is 7.82. The van der Waals surface area contributed by atoms with Crippen LogP contribution in [0, 0.1) is 11.8 Å². The van der Waals surface area contributed by atoms with E-state index in [1.807, 2.05) is 12.1 Å². The van der Waals surface area contributed by atoms with E-state index in [0.29, 0.717) is 12.5 Å². The molecule has 0 radical (unpaired) electrons. The van der Waals surface area contributed by atoms with E-state index in [4.69, 9.17) is 0 Å². The van der Waals surface area contributed by atoms with Crippen LogP contribution in [-0.2, 0) is 17.4 Å². The molecule has 33 heavy (non-hydrogen) atoms. The van der Waals surface area contributed by atoms with Gasteiger partial charge >= 0.3 is 0 Å². The molecule has 2 aromatic carbocycles. The zero-order valence-electron chi connectivity index (χ0n) is 20.4. The SMILES string of the molecule is CC1CCN(S(=O)c2ccc(-c3ccc(CCC4CCN(CC(C)(C)F)CC4)cc3)cc2)C1. The van der Waals surface area contributed by atoms with Gasteiger partial charge < -0.3 is 4.90 Å². The van der Waals surface area contributed by atoms with Crippen molar-refractivity contribution in [1.29, 1.82) is 0 Å². The van der Waals surface area contributed by atoms with Gasteiger partial charge in [0, 0.05) is 19.6 Å². The van der Waals surface area contributed by atoms with E-state index >= 15 is 0 Å². The highest BCUT2D eigenvalue weighted by Gasteiger charge is 2.25. The smallest absolute Gasteiger partial charge is 0.127 e. The van der Waals surface area contributed by atoms with Gasteiger partial charge in [-0.2, -0.15) is 0 Å². The third kappa shape index (κ3) is 6.97. The summed E-state index contributed by atoms with van der Waals surface area (Å²) in [7, 11) is -1.05. The molecule has 0 amide bonds. The number of likely N-dealkylation sites (tertiary alicyclic amines) is 1. The monoisotopic (exact) mass is 470 g/mol. The van der Waals surface area contributed by atoms with E-state index in [-0.39, 0.29) is 0 Å². The lowest BCUT2D eigenvalue weighted by Gasteiger charge is -2.34. The second kappa shape index (κ2) is 10.8. The Morgan fingerprint density at radius 1 is 0.939 bits per heavy atom. The summed E-state index contributed by atoms with van der Waals surface area (Å²) in [6.45, 7) is 10.0. The Labute approximate surface area is 202 Å². The fourth-order valence-electron chi connectivity index (χ4n) is 5.16. The largest absolute Gasteiger partial charge is 0.300 e. The summed E-state index contributed by atoms with van der Waals surface area (Å²) in [6.07, 6.45) is 5.80. The van der Waals surface area contributed by atoms with Gasteiger partial charge in [0.15, 0.2) is 0 Å². The molecule has 0 aliphatic carbocycles. The van der Waals surface area contributed by atoms with Crippen LogP contribution in [0.5, 0.6) is 0 Å². The van der Waals surface area contributed by atoms with Crippen molar-refractivity contribution in [2.45, 2.75) is 63.4 Å². The fourth-order valence-corrected chi connectivity index (χ4v) is 6.49. The molecular formula is C28H39FN2OS. The summed E-state index contributed by atoms with van der Waals surface area (Å²) in [4.78, 5) is 3.17. The van der Waals surface area contributed by atoms with Gasteiger partial charge in [0.1, 0.15) is 16.7 Å². The van der Waals surface area contributed by atoms with Gasteiger partial charge in [0.05, 0.1) is 4.90 Å². The number of hydrogen-bond acceptors (Lipinski definition) is 2. The maximum Gasteiger partial charge on any atom is 0.127 e. The lowest BCUT2D eigenvalue weighted by molar-refractivity contribution is 0.0943. The first kappa shape index (κ1) is 24.6. The molecule has 3 nitrogen and oxygen atoms in total. The Bertz CT molecular complexity index is 914. The van der Waals surface area contributed by atoms with Crippen LogP contribution < -0.4 is 0 Å². The van der Waals surface area contributed by atoms with Gasteiger partial charge in [-0.25, -0.2) is 12.9 Å². The van der Waals surface area contributed by atoms with E-state index < -0.39 is 16.7 Å². The minimum atomic E-state index is -1.10. The number of piperidine rings is 1. The minimum absolute atomic E-state index is 0.551. The van der Waals surface area contributed by atoms with Crippen LogP contribution >= 0.6 is 0 Å². The molecule has 0 saturated carbocycles. The number of alkyl halides is 1. The van der Waals surface area contributed by atoms with Gasteiger partial charge in [-0.15, -0.1) is 0 Å². The molecule has 4 rings (SSSR count). The molecule has 0 bridgehead atoms. The van der Waals surface area contributed by atoms with Crippen molar-refractivity contribution in [2.75, 3.05) is 32.7 Å². The topological polar surface area (TPSA) is 23.6 Å². The molecule has 0 N–H and O–H groups in total. The quantitative estimate of drug-likeness (QED) is 0.465. The molecule has 2 atom stereocenters. The van der Waals surface area contributed by atoms with E-state index in [1.165, 1.54) is 36.0 Å². The number of benzene rings is 2. The van der Waals surface area contributed by atoms with Crippen molar-refractivity contribution in [3.63, 3.8) is 0 Å². The number of aryl methyl sites for hydroxylation is 1. The maximum atomic E-state index is 13.9. The standard InChI is InChI=1S/C28H39FN2OS/c1-22-14-19-31(20-22)33(32)27-12-10-26(11-13-27)25-8-6-23(7-9-25)4-5-24-15-17-30(18-16-24)21-28(2,3)29/h6-13,22,24H,4-5,14-21H2,1-3H3. The molecule has 2 fully saturated rings. The summed E-state index contributed by atoms with van der Waals surface area (Å²) >= 11 is 0. The summed E-state index contributed by atoms with van der Waals surface area (Å²) in [5.41, 5.74) is 2.65. The Balaban J connectivity index is 1.26. The normalized spacial score (nSPS) is 22.0. The molecule has 2 unspecified atom stereocenters. The van der Waals surface area contributed by atoms with Crippen LogP contribution in [0.25, 0.3) is 11.1 Å². The predicted molar refractivity (Wildman–Crippen MR) is 136 cm³/mol. The van der Waals surface area contributed by atoms with Crippen molar-refractivity contribution in [1.82, 2.24) is 9.21 Å².